The highest BCUT2D eigenvalue weighted by Crippen LogP contribution is 2.26. The molecule has 0 saturated heterocycles. The molecule has 3 nitrogen and oxygen atoms in total. The summed E-state index contributed by atoms with van der Waals surface area (Å²) in [5.74, 6) is 0.116. The number of carbonyl (C=O) groups excluding carboxylic acids is 1. The average Bonchev–Trinajstić information content (AvgIpc) is 3.13. The molecule has 0 unspecified atom stereocenters. The van der Waals surface area contributed by atoms with E-state index in [1.807, 2.05) is 37.1 Å². The average molecular weight is 253 g/mol. The maximum absolute atomic E-state index is 11.8. The van der Waals surface area contributed by atoms with Crippen LogP contribution < -0.4 is 5.32 Å². The highest BCUT2D eigenvalue weighted by atomic mass is 35.5. The van der Waals surface area contributed by atoms with Gasteiger partial charge < -0.3 is 10.2 Å². The van der Waals surface area contributed by atoms with Gasteiger partial charge in [0.15, 0.2) is 0 Å². The number of nitrogens with one attached hydrogen (secondary N) is 1. The Bertz CT molecular complexity index is 429. The van der Waals surface area contributed by atoms with Crippen LogP contribution in [0.15, 0.2) is 18.2 Å². The number of nitrogens with zero attached hydrogens (tertiary/aromatic N) is 1. The van der Waals surface area contributed by atoms with Crippen LogP contribution in [0.25, 0.3) is 0 Å². The van der Waals surface area contributed by atoms with Crippen LogP contribution in [-0.2, 0) is 4.79 Å². The second-order valence-corrected chi connectivity index (χ2v) is 4.90. The molecule has 1 saturated carbocycles. The molecule has 0 aromatic heterocycles. The molecule has 0 spiro atoms. The van der Waals surface area contributed by atoms with E-state index in [-0.39, 0.29) is 5.91 Å². The normalized spacial score (nSPS) is 14.5. The van der Waals surface area contributed by atoms with E-state index in [1.54, 1.807) is 0 Å². The van der Waals surface area contributed by atoms with Gasteiger partial charge in [-0.05, 0) is 31.4 Å². The highest BCUT2D eigenvalue weighted by molar-refractivity contribution is 6.34. The molecule has 4 heteroatoms. The lowest BCUT2D eigenvalue weighted by atomic mass is 10.2. The molecule has 1 aliphatic rings. The molecular formula is C13H17ClN2O. The van der Waals surface area contributed by atoms with Gasteiger partial charge in [-0.15, -0.1) is 0 Å². The summed E-state index contributed by atoms with van der Waals surface area (Å²) in [5.41, 5.74) is 1.84. The number of aryl methyl sites for hydroxylation is 1. The number of carbonyl (C=O) groups is 1. The number of hydrogen-bond donors (Lipinski definition) is 1. The van der Waals surface area contributed by atoms with E-state index < -0.39 is 0 Å². The van der Waals surface area contributed by atoms with Crippen LogP contribution in [0.5, 0.6) is 0 Å². The van der Waals surface area contributed by atoms with Crippen molar-refractivity contribution < 1.29 is 4.79 Å². The molecule has 17 heavy (non-hydrogen) atoms. The molecule has 0 aliphatic heterocycles. The summed E-state index contributed by atoms with van der Waals surface area (Å²) in [6, 6.07) is 6.22. The maximum atomic E-state index is 11.8. The van der Waals surface area contributed by atoms with E-state index in [1.165, 1.54) is 0 Å². The molecule has 1 aliphatic carbocycles. The third-order valence-corrected chi connectivity index (χ3v) is 3.61. The predicted octanol–water partition coefficient (Wildman–Crippen LogP) is 2.68. The smallest absolute Gasteiger partial charge is 0.241 e. The van der Waals surface area contributed by atoms with E-state index in [2.05, 4.69) is 5.32 Å². The number of amides is 1. The fourth-order valence-corrected chi connectivity index (χ4v) is 1.94. The Morgan fingerprint density at radius 2 is 2.24 bits per heavy atom. The minimum absolute atomic E-state index is 0.116. The van der Waals surface area contributed by atoms with Gasteiger partial charge in [0.25, 0.3) is 0 Å². The lowest BCUT2D eigenvalue weighted by molar-refractivity contribution is -0.128. The summed E-state index contributed by atoms with van der Waals surface area (Å²) in [5, 5.41) is 3.78. The summed E-state index contributed by atoms with van der Waals surface area (Å²) in [6.07, 6.45) is 2.26. The minimum atomic E-state index is 0.116. The Labute approximate surface area is 107 Å². The van der Waals surface area contributed by atoms with Crippen LogP contribution in [-0.4, -0.2) is 30.4 Å². The lowest BCUT2D eigenvalue weighted by Gasteiger charge is -2.17. The van der Waals surface area contributed by atoms with Crippen LogP contribution in [0.3, 0.4) is 0 Å². The molecule has 0 radical (unpaired) electrons. The van der Waals surface area contributed by atoms with Crippen molar-refractivity contribution in [3.05, 3.63) is 28.8 Å². The zero-order chi connectivity index (χ0) is 12.4. The molecule has 1 fully saturated rings. The lowest BCUT2D eigenvalue weighted by Crippen LogP contribution is -2.33. The summed E-state index contributed by atoms with van der Waals surface area (Å²) in [7, 11) is 1.86. The fraction of sp³-hybridized carbons (Fsp3) is 0.462. The molecule has 0 bridgehead atoms. The summed E-state index contributed by atoms with van der Waals surface area (Å²) < 4.78 is 0. The third-order valence-electron chi connectivity index (χ3n) is 3.11. The number of anilines is 1. The Kier molecular flexibility index (Phi) is 3.57. The van der Waals surface area contributed by atoms with Gasteiger partial charge in [-0.25, -0.2) is 0 Å². The van der Waals surface area contributed by atoms with Crippen molar-refractivity contribution in [1.29, 1.82) is 0 Å². The first-order valence-corrected chi connectivity index (χ1v) is 6.22. The van der Waals surface area contributed by atoms with Crippen LogP contribution in [0.1, 0.15) is 18.4 Å². The van der Waals surface area contributed by atoms with Crippen LogP contribution in [0.4, 0.5) is 5.69 Å². The molecule has 0 atom stereocenters. The Morgan fingerprint density at radius 1 is 1.53 bits per heavy atom. The molecule has 2 rings (SSSR count). The van der Waals surface area contributed by atoms with Gasteiger partial charge in [0.1, 0.15) is 0 Å². The molecule has 1 amide bonds. The van der Waals surface area contributed by atoms with E-state index in [0.29, 0.717) is 17.6 Å². The molecule has 1 aromatic carbocycles. The van der Waals surface area contributed by atoms with E-state index >= 15 is 0 Å². The van der Waals surface area contributed by atoms with E-state index in [4.69, 9.17) is 11.6 Å². The van der Waals surface area contributed by atoms with E-state index in [0.717, 1.165) is 24.1 Å². The standard InChI is InChI=1S/C13H17ClN2O/c1-9-4-3-5-11(13(9)14)15-8-12(17)16(2)10-6-7-10/h3-5,10,15H,6-8H2,1-2H3. The molecular weight excluding hydrogens is 236 g/mol. The Balaban J connectivity index is 1.93. The van der Waals surface area contributed by atoms with Crippen molar-refractivity contribution >= 4 is 23.2 Å². The number of rotatable bonds is 4. The maximum Gasteiger partial charge on any atom is 0.241 e. The Hall–Kier alpha value is -1.22. The zero-order valence-corrected chi connectivity index (χ0v) is 10.9. The first-order chi connectivity index (χ1) is 8.09. The fourth-order valence-electron chi connectivity index (χ4n) is 1.74. The number of likely N-dealkylation sites (N-methyl/N-ethyl adjacent to an activating group) is 1. The SMILES string of the molecule is Cc1cccc(NCC(=O)N(C)C2CC2)c1Cl. The van der Waals surface area contributed by atoms with Crippen molar-refractivity contribution in [2.45, 2.75) is 25.8 Å². The first-order valence-electron chi connectivity index (χ1n) is 5.84. The predicted molar refractivity (Wildman–Crippen MR) is 70.5 cm³/mol. The van der Waals surface area contributed by atoms with Crippen molar-refractivity contribution in [1.82, 2.24) is 4.90 Å². The van der Waals surface area contributed by atoms with Gasteiger partial charge >= 0.3 is 0 Å². The van der Waals surface area contributed by atoms with Crippen LogP contribution in [0.2, 0.25) is 5.02 Å². The first kappa shape index (κ1) is 12.2. The Morgan fingerprint density at radius 3 is 2.88 bits per heavy atom. The van der Waals surface area contributed by atoms with Crippen LogP contribution >= 0.6 is 11.6 Å². The van der Waals surface area contributed by atoms with Gasteiger partial charge in [0.2, 0.25) is 5.91 Å². The zero-order valence-electron chi connectivity index (χ0n) is 10.2. The second kappa shape index (κ2) is 4.96. The number of benzene rings is 1. The minimum Gasteiger partial charge on any atom is -0.375 e. The third kappa shape index (κ3) is 2.91. The van der Waals surface area contributed by atoms with Crippen LogP contribution in [0, 0.1) is 6.92 Å². The molecule has 92 valence electrons. The topological polar surface area (TPSA) is 32.3 Å². The van der Waals surface area contributed by atoms with Crippen molar-refractivity contribution in [2.75, 3.05) is 18.9 Å². The monoisotopic (exact) mass is 252 g/mol. The summed E-state index contributed by atoms with van der Waals surface area (Å²) in [4.78, 5) is 13.6. The van der Waals surface area contributed by atoms with Gasteiger partial charge in [0, 0.05) is 13.1 Å². The van der Waals surface area contributed by atoms with Gasteiger partial charge in [0.05, 0.1) is 17.3 Å². The number of hydrogen-bond acceptors (Lipinski definition) is 2. The van der Waals surface area contributed by atoms with Crippen molar-refractivity contribution in [2.24, 2.45) is 0 Å². The van der Waals surface area contributed by atoms with Gasteiger partial charge in [-0.2, -0.15) is 0 Å². The number of halogens is 1. The molecule has 1 N–H and O–H groups in total. The van der Waals surface area contributed by atoms with Crippen molar-refractivity contribution in [3.63, 3.8) is 0 Å². The van der Waals surface area contributed by atoms with E-state index in [9.17, 15) is 4.79 Å². The quantitative estimate of drug-likeness (QED) is 0.894. The molecule has 1 aromatic rings. The van der Waals surface area contributed by atoms with Gasteiger partial charge in [-0.1, -0.05) is 23.7 Å². The summed E-state index contributed by atoms with van der Waals surface area (Å²) >= 11 is 6.14. The van der Waals surface area contributed by atoms with Gasteiger partial charge in [-0.3, -0.25) is 4.79 Å². The van der Waals surface area contributed by atoms with Crippen molar-refractivity contribution in [3.8, 4) is 0 Å². The molecule has 0 heterocycles. The highest BCUT2D eigenvalue weighted by Gasteiger charge is 2.29. The largest absolute Gasteiger partial charge is 0.375 e. The summed E-state index contributed by atoms with van der Waals surface area (Å²) in [6.45, 7) is 2.25. The second-order valence-electron chi connectivity index (χ2n) is 4.53.